The summed E-state index contributed by atoms with van der Waals surface area (Å²) in [7, 11) is 0. The highest BCUT2D eigenvalue weighted by Gasteiger charge is 2.60. The van der Waals surface area contributed by atoms with E-state index in [1.165, 1.54) is 58.0 Å². The average molecular weight is 372 g/mol. The van der Waals surface area contributed by atoms with E-state index in [2.05, 4.69) is 32.2 Å². The molecule has 4 aliphatic carbocycles. The van der Waals surface area contributed by atoms with E-state index in [0.29, 0.717) is 10.8 Å². The number of rotatable bonds is 1. The van der Waals surface area contributed by atoms with Gasteiger partial charge >= 0.3 is 0 Å². The van der Waals surface area contributed by atoms with Crippen LogP contribution < -0.4 is 5.32 Å². The molecule has 9 atom stereocenters. The first kappa shape index (κ1) is 18.7. The summed E-state index contributed by atoms with van der Waals surface area (Å²) < 4.78 is 0. The lowest BCUT2D eigenvalue weighted by molar-refractivity contribution is -0.140. The number of hydrogen-bond acceptors (Lipinski definition) is 2. The first-order valence-electron chi connectivity index (χ1n) is 12.0. The van der Waals surface area contributed by atoms with E-state index in [0.717, 1.165) is 48.3 Å². The zero-order chi connectivity index (χ0) is 18.8. The van der Waals surface area contributed by atoms with E-state index in [9.17, 15) is 5.11 Å². The fourth-order valence-electron chi connectivity index (χ4n) is 8.97. The van der Waals surface area contributed by atoms with E-state index in [1.807, 2.05) is 5.57 Å². The van der Waals surface area contributed by atoms with Gasteiger partial charge in [0.25, 0.3) is 0 Å². The topological polar surface area (TPSA) is 32.3 Å². The lowest BCUT2D eigenvalue weighted by Gasteiger charge is -2.63. The lowest BCUT2D eigenvalue weighted by atomic mass is 9.42. The molecule has 2 nitrogen and oxygen atoms in total. The minimum atomic E-state index is -0.0285. The number of hydrogen-bond donors (Lipinski definition) is 2. The van der Waals surface area contributed by atoms with Gasteiger partial charge in [0, 0.05) is 6.54 Å². The highest BCUT2D eigenvalue weighted by atomic mass is 16.3. The predicted molar refractivity (Wildman–Crippen MR) is 111 cm³/mol. The normalized spacial score (nSPS) is 55.3. The first-order valence-corrected chi connectivity index (χ1v) is 12.0. The van der Waals surface area contributed by atoms with Gasteiger partial charge in [-0.25, -0.2) is 0 Å². The molecular weight excluding hydrogens is 330 g/mol. The summed E-state index contributed by atoms with van der Waals surface area (Å²) in [5.74, 6) is 5.09. The second-order valence-corrected chi connectivity index (χ2v) is 11.5. The van der Waals surface area contributed by atoms with Gasteiger partial charge in [0.05, 0.1) is 6.10 Å². The molecule has 3 saturated carbocycles. The second-order valence-electron chi connectivity index (χ2n) is 11.5. The van der Waals surface area contributed by atoms with Gasteiger partial charge in [0.1, 0.15) is 0 Å². The van der Waals surface area contributed by atoms with Crippen LogP contribution in [0.3, 0.4) is 0 Å². The molecule has 0 aromatic heterocycles. The molecule has 0 spiro atoms. The summed E-state index contributed by atoms with van der Waals surface area (Å²) in [6.45, 7) is 10.3. The highest BCUT2D eigenvalue weighted by molar-refractivity contribution is 5.28. The molecule has 1 heterocycles. The van der Waals surface area contributed by atoms with Crippen molar-refractivity contribution in [2.75, 3.05) is 13.1 Å². The smallest absolute Gasteiger partial charge is 0.0543 e. The molecular formula is C25H41NO. The fourth-order valence-corrected chi connectivity index (χ4v) is 8.97. The standard InChI is InChI=1S/C25H41NO/c1-16-13-18-14-19(27)8-10-24(18,2)22-9-11-25(3)20(6-7-21(25)23(16)22)17-5-4-12-26-15-17/h6,16-19,21-23,26-27H,4-5,7-15H2,1-3H3/t16-,17?,18?,19-,21-,22-,23-,24-,25+/m0/s1. The molecule has 2 unspecified atom stereocenters. The van der Waals surface area contributed by atoms with Crippen molar-refractivity contribution in [2.24, 2.45) is 46.3 Å². The molecule has 0 bridgehead atoms. The number of aliphatic hydroxyl groups is 1. The quantitative estimate of drug-likeness (QED) is 0.623. The van der Waals surface area contributed by atoms with Gasteiger partial charge in [-0.05, 0) is 111 Å². The van der Waals surface area contributed by atoms with Gasteiger partial charge in [0.15, 0.2) is 0 Å². The average Bonchev–Trinajstić information content (AvgIpc) is 3.01. The zero-order valence-electron chi connectivity index (χ0n) is 17.8. The van der Waals surface area contributed by atoms with Crippen LogP contribution >= 0.6 is 0 Å². The van der Waals surface area contributed by atoms with Crippen molar-refractivity contribution >= 4 is 0 Å². The Morgan fingerprint density at radius 2 is 1.93 bits per heavy atom. The number of fused-ring (bicyclic) bond motifs is 5. The van der Waals surface area contributed by atoms with Crippen LogP contribution in [-0.4, -0.2) is 24.3 Å². The largest absolute Gasteiger partial charge is 0.393 e. The SMILES string of the molecule is C[C@H]1CC2C[C@@H](O)CC[C@]2(C)[C@H]2CC[C@]3(C)C(C4CCCNC4)=CC[C@H]3[C@H]12. The molecule has 0 radical (unpaired) electrons. The number of aliphatic hydroxyl groups excluding tert-OH is 1. The summed E-state index contributed by atoms with van der Waals surface area (Å²) in [5.41, 5.74) is 2.81. The maximum atomic E-state index is 10.3. The van der Waals surface area contributed by atoms with Gasteiger partial charge in [-0.15, -0.1) is 0 Å². The van der Waals surface area contributed by atoms with Crippen LogP contribution in [0.2, 0.25) is 0 Å². The summed E-state index contributed by atoms with van der Waals surface area (Å²) in [5, 5.41) is 14.0. The maximum Gasteiger partial charge on any atom is 0.0543 e. The van der Waals surface area contributed by atoms with Crippen LogP contribution in [0.15, 0.2) is 11.6 Å². The van der Waals surface area contributed by atoms with Crippen molar-refractivity contribution in [3.8, 4) is 0 Å². The van der Waals surface area contributed by atoms with E-state index < -0.39 is 0 Å². The molecule has 4 fully saturated rings. The Bertz CT molecular complexity index is 607. The lowest BCUT2D eigenvalue weighted by Crippen LogP contribution is -2.56. The number of piperidine rings is 1. The third-order valence-corrected chi connectivity index (χ3v) is 10.4. The molecule has 2 N–H and O–H groups in total. The fraction of sp³-hybridized carbons (Fsp3) is 0.920. The van der Waals surface area contributed by atoms with E-state index in [-0.39, 0.29) is 6.10 Å². The van der Waals surface area contributed by atoms with Crippen molar-refractivity contribution in [2.45, 2.75) is 84.7 Å². The molecule has 5 rings (SSSR count). The minimum Gasteiger partial charge on any atom is -0.393 e. The Balaban J connectivity index is 1.42. The zero-order valence-corrected chi connectivity index (χ0v) is 17.8. The van der Waals surface area contributed by atoms with Crippen LogP contribution in [0.25, 0.3) is 0 Å². The molecule has 0 amide bonds. The Morgan fingerprint density at radius 1 is 1.07 bits per heavy atom. The Kier molecular flexibility index (Phi) is 4.56. The molecule has 152 valence electrons. The second kappa shape index (κ2) is 6.59. The van der Waals surface area contributed by atoms with E-state index >= 15 is 0 Å². The molecule has 27 heavy (non-hydrogen) atoms. The van der Waals surface area contributed by atoms with Crippen LogP contribution in [0, 0.1) is 46.3 Å². The summed E-state index contributed by atoms with van der Waals surface area (Å²) >= 11 is 0. The highest BCUT2D eigenvalue weighted by Crippen LogP contribution is 2.68. The minimum absolute atomic E-state index is 0.0285. The van der Waals surface area contributed by atoms with Crippen molar-refractivity contribution < 1.29 is 5.11 Å². The van der Waals surface area contributed by atoms with Gasteiger partial charge in [0.2, 0.25) is 0 Å². The molecule has 2 heteroatoms. The van der Waals surface area contributed by atoms with Crippen molar-refractivity contribution in [1.29, 1.82) is 0 Å². The molecule has 0 aromatic rings. The third-order valence-electron chi connectivity index (χ3n) is 10.4. The maximum absolute atomic E-state index is 10.3. The van der Waals surface area contributed by atoms with Gasteiger partial charge in [-0.1, -0.05) is 32.4 Å². The molecule has 5 aliphatic rings. The Hall–Kier alpha value is -0.340. The number of nitrogens with one attached hydrogen (secondary N) is 1. The van der Waals surface area contributed by atoms with Crippen molar-refractivity contribution in [3.63, 3.8) is 0 Å². The summed E-state index contributed by atoms with van der Waals surface area (Å²) in [6, 6.07) is 0. The summed E-state index contributed by atoms with van der Waals surface area (Å²) in [6.07, 6.45) is 14.4. The molecule has 1 saturated heterocycles. The van der Waals surface area contributed by atoms with Crippen LogP contribution in [-0.2, 0) is 0 Å². The van der Waals surface area contributed by atoms with Gasteiger partial charge < -0.3 is 10.4 Å². The number of allylic oxidation sites excluding steroid dienone is 1. The van der Waals surface area contributed by atoms with Crippen molar-refractivity contribution in [3.05, 3.63) is 11.6 Å². The van der Waals surface area contributed by atoms with Crippen molar-refractivity contribution in [1.82, 2.24) is 5.32 Å². The first-order chi connectivity index (χ1) is 12.9. The van der Waals surface area contributed by atoms with Gasteiger partial charge in [-0.3, -0.25) is 0 Å². The Labute approximate surface area is 166 Å². The van der Waals surface area contributed by atoms with E-state index in [1.54, 1.807) is 0 Å². The predicted octanol–water partition coefficient (Wildman–Crippen LogP) is 5.17. The molecule has 0 aromatic carbocycles. The van der Waals surface area contributed by atoms with Gasteiger partial charge in [-0.2, -0.15) is 0 Å². The molecule has 1 aliphatic heterocycles. The van der Waals surface area contributed by atoms with Crippen LogP contribution in [0.4, 0.5) is 0 Å². The van der Waals surface area contributed by atoms with Crippen LogP contribution in [0.1, 0.15) is 78.6 Å². The Morgan fingerprint density at radius 3 is 2.70 bits per heavy atom. The monoisotopic (exact) mass is 371 g/mol. The summed E-state index contributed by atoms with van der Waals surface area (Å²) in [4.78, 5) is 0. The van der Waals surface area contributed by atoms with Crippen LogP contribution in [0.5, 0.6) is 0 Å². The third kappa shape index (κ3) is 2.72. The van der Waals surface area contributed by atoms with E-state index in [4.69, 9.17) is 0 Å².